The standard InChI is InChI=1S/C15H13NO/c1-3-5-6-9-12-16-14-10-7-8-11-15(14)17-13-4-2/h1-2,7-8,10-11,16H,5-6,13H2. The summed E-state index contributed by atoms with van der Waals surface area (Å²) >= 11 is 0. The number of nitrogens with one attached hydrogen (secondary N) is 1. The molecule has 0 aromatic heterocycles. The molecule has 0 atom stereocenters. The highest BCUT2D eigenvalue weighted by atomic mass is 16.5. The van der Waals surface area contributed by atoms with E-state index >= 15 is 0 Å². The van der Waals surface area contributed by atoms with Gasteiger partial charge in [-0.15, -0.1) is 18.8 Å². The molecule has 0 aliphatic rings. The maximum Gasteiger partial charge on any atom is 0.148 e. The number of para-hydroxylation sites is 2. The lowest BCUT2D eigenvalue weighted by Crippen LogP contribution is -1.97. The number of hydrogen-bond acceptors (Lipinski definition) is 2. The van der Waals surface area contributed by atoms with E-state index in [-0.39, 0.29) is 6.61 Å². The Labute approximate surface area is 102 Å². The van der Waals surface area contributed by atoms with Crippen molar-refractivity contribution in [2.75, 3.05) is 11.9 Å². The minimum atomic E-state index is 0.239. The van der Waals surface area contributed by atoms with Crippen LogP contribution in [0.25, 0.3) is 0 Å². The molecular weight excluding hydrogens is 210 g/mol. The number of terminal acetylenes is 2. The largest absolute Gasteiger partial charge is 0.479 e. The average Bonchev–Trinajstić information content (AvgIpc) is 2.37. The maximum absolute atomic E-state index is 5.37. The van der Waals surface area contributed by atoms with Crippen molar-refractivity contribution in [3.63, 3.8) is 0 Å². The summed E-state index contributed by atoms with van der Waals surface area (Å²) in [6, 6.07) is 10.3. The smallest absolute Gasteiger partial charge is 0.148 e. The first kappa shape index (κ1) is 12.6. The van der Waals surface area contributed by atoms with E-state index in [1.165, 1.54) is 0 Å². The van der Waals surface area contributed by atoms with E-state index in [1.54, 1.807) is 0 Å². The monoisotopic (exact) mass is 223 g/mol. The van der Waals surface area contributed by atoms with Gasteiger partial charge in [-0.1, -0.05) is 24.0 Å². The van der Waals surface area contributed by atoms with Crippen LogP contribution in [-0.4, -0.2) is 6.61 Å². The molecule has 0 spiro atoms. The van der Waals surface area contributed by atoms with Crippen LogP contribution in [0.1, 0.15) is 12.8 Å². The molecule has 0 saturated carbocycles. The highest BCUT2D eigenvalue weighted by Crippen LogP contribution is 2.22. The fourth-order valence-corrected chi connectivity index (χ4v) is 1.12. The van der Waals surface area contributed by atoms with E-state index < -0.39 is 0 Å². The molecule has 2 heteroatoms. The fraction of sp³-hybridized carbons (Fsp3) is 0.200. The van der Waals surface area contributed by atoms with Crippen molar-refractivity contribution in [2.45, 2.75) is 12.8 Å². The van der Waals surface area contributed by atoms with Gasteiger partial charge in [0.1, 0.15) is 12.4 Å². The molecule has 0 saturated heterocycles. The Hall–Kier alpha value is -2.50. The first-order valence-corrected chi connectivity index (χ1v) is 5.21. The first-order chi connectivity index (χ1) is 8.38. The summed E-state index contributed by atoms with van der Waals surface area (Å²) in [7, 11) is 0. The van der Waals surface area contributed by atoms with Crippen LogP contribution in [0, 0.1) is 36.7 Å². The van der Waals surface area contributed by atoms with Crippen molar-refractivity contribution in [3.05, 3.63) is 24.3 Å². The van der Waals surface area contributed by atoms with Crippen LogP contribution in [0.15, 0.2) is 24.3 Å². The van der Waals surface area contributed by atoms with Crippen LogP contribution >= 0.6 is 0 Å². The van der Waals surface area contributed by atoms with E-state index in [0.717, 1.165) is 5.69 Å². The maximum atomic E-state index is 5.37. The second-order valence-corrected chi connectivity index (χ2v) is 3.12. The zero-order valence-corrected chi connectivity index (χ0v) is 9.49. The van der Waals surface area contributed by atoms with Gasteiger partial charge in [0, 0.05) is 18.9 Å². The van der Waals surface area contributed by atoms with Gasteiger partial charge in [0.2, 0.25) is 0 Å². The van der Waals surface area contributed by atoms with Crippen LogP contribution < -0.4 is 10.1 Å². The SMILES string of the molecule is C#CCCC#CNc1ccccc1OCC#C. The van der Waals surface area contributed by atoms with E-state index in [1.807, 2.05) is 24.3 Å². The molecule has 84 valence electrons. The molecule has 1 N–H and O–H groups in total. The van der Waals surface area contributed by atoms with Crippen molar-refractivity contribution < 1.29 is 4.74 Å². The van der Waals surface area contributed by atoms with E-state index in [0.29, 0.717) is 18.6 Å². The summed E-state index contributed by atoms with van der Waals surface area (Å²) in [6.45, 7) is 0.239. The number of unbranched alkanes of at least 4 members (excludes halogenated alkanes) is 1. The van der Waals surface area contributed by atoms with Crippen molar-refractivity contribution in [1.29, 1.82) is 0 Å². The zero-order valence-electron chi connectivity index (χ0n) is 9.49. The Morgan fingerprint density at radius 2 is 1.94 bits per heavy atom. The predicted molar refractivity (Wildman–Crippen MR) is 70.2 cm³/mol. The molecule has 0 aliphatic heterocycles. The van der Waals surface area contributed by atoms with Crippen molar-refractivity contribution in [3.8, 4) is 42.4 Å². The Morgan fingerprint density at radius 3 is 2.71 bits per heavy atom. The van der Waals surface area contributed by atoms with Gasteiger partial charge < -0.3 is 10.1 Å². The van der Waals surface area contributed by atoms with Gasteiger partial charge in [0.15, 0.2) is 0 Å². The van der Waals surface area contributed by atoms with Gasteiger partial charge in [0.25, 0.3) is 0 Å². The van der Waals surface area contributed by atoms with E-state index in [4.69, 9.17) is 17.6 Å². The van der Waals surface area contributed by atoms with Gasteiger partial charge in [-0.2, -0.15) is 0 Å². The Bertz CT molecular complexity index is 494. The lowest BCUT2D eigenvalue weighted by atomic mass is 10.3. The lowest BCUT2D eigenvalue weighted by molar-refractivity contribution is 0.372. The molecule has 1 aromatic carbocycles. The molecule has 0 radical (unpaired) electrons. The Balaban J connectivity index is 2.60. The molecule has 0 unspecified atom stereocenters. The number of hydrogen-bond donors (Lipinski definition) is 1. The molecular formula is C15H13NO. The third-order valence-electron chi connectivity index (χ3n) is 1.88. The van der Waals surface area contributed by atoms with Gasteiger partial charge in [-0.25, -0.2) is 0 Å². The normalized spacial score (nSPS) is 8.12. The van der Waals surface area contributed by atoms with Crippen molar-refractivity contribution >= 4 is 5.69 Å². The number of rotatable bonds is 4. The molecule has 0 aliphatic carbocycles. The van der Waals surface area contributed by atoms with Crippen LogP contribution in [-0.2, 0) is 0 Å². The molecule has 1 aromatic rings. The van der Waals surface area contributed by atoms with E-state index in [9.17, 15) is 0 Å². The zero-order chi connectivity index (χ0) is 12.3. The van der Waals surface area contributed by atoms with Crippen LogP contribution in [0.2, 0.25) is 0 Å². The average molecular weight is 223 g/mol. The van der Waals surface area contributed by atoms with Gasteiger partial charge in [-0.05, 0) is 12.1 Å². The summed E-state index contributed by atoms with van der Waals surface area (Å²) < 4.78 is 5.37. The van der Waals surface area contributed by atoms with Gasteiger partial charge in [0.05, 0.1) is 5.69 Å². The highest BCUT2D eigenvalue weighted by Gasteiger charge is 1.99. The molecule has 17 heavy (non-hydrogen) atoms. The molecule has 0 amide bonds. The second-order valence-electron chi connectivity index (χ2n) is 3.12. The first-order valence-electron chi connectivity index (χ1n) is 5.21. The minimum Gasteiger partial charge on any atom is -0.479 e. The van der Waals surface area contributed by atoms with Gasteiger partial charge >= 0.3 is 0 Å². The molecule has 0 bridgehead atoms. The number of anilines is 1. The van der Waals surface area contributed by atoms with Crippen molar-refractivity contribution in [1.82, 2.24) is 0 Å². The number of benzene rings is 1. The Kier molecular flexibility index (Phi) is 5.73. The Morgan fingerprint density at radius 1 is 1.12 bits per heavy atom. The topological polar surface area (TPSA) is 21.3 Å². The number of ether oxygens (including phenoxy) is 1. The summed E-state index contributed by atoms with van der Waals surface area (Å²) in [4.78, 5) is 0. The summed E-state index contributed by atoms with van der Waals surface area (Å²) in [5.74, 6) is 8.56. The highest BCUT2D eigenvalue weighted by molar-refractivity contribution is 5.59. The predicted octanol–water partition coefficient (Wildman–Crippen LogP) is 2.48. The van der Waals surface area contributed by atoms with E-state index in [2.05, 4.69) is 29.1 Å². The molecule has 2 nitrogen and oxygen atoms in total. The molecule has 1 rings (SSSR count). The third-order valence-corrected chi connectivity index (χ3v) is 1.88. The lowest BCUT2D eigenvalue weighted by Gasteiger charge is -2.07. The fourth-order valence-electron chi connectivity index (χ4n) is 1.12. The van der Waals surface area contributed by atoms with Crippen LogP contribution in [0.5, 0.6) is 5.75 Å². The minimum absolute atomic E-state index is 0.239. The summed E-state index contributed by atoms with van der Waals surface area (Å²) in [5, 5.41) is 2.96. The molecule has 0 fully saturated rings. The van der Waals surface area contributed by atoms with Crippen LogP contribution in [0.4, 0.5) is 5.69 Å². The second kappa shape index (κ2) is 7.75. The quantitative estimate of drug-likeness (QED) is 0.481. The summed E-state index contributed by atoms with van der Waals surface area (Å²) in [5.41, 5.74) is 0.802. The van der Waals surface area contributed by atoms with Crippen molar-refractivity contribution in [2.24, 2.45) is 0 Å². The van der Waals surface area contributed by atoms with Crippen LogP contribution in [0.3, 0.4) is 0 Å². The van der Waals surface area contributed by atoms with Gasteiger partial charge in [-0.3, -0.25) is 0 Å². The summed E-state index contributed by atoms with van der Waals surface area (Å²) in [6.07, 6.45) is 11.6. The third kappa shape index (κ3) is 4.70. The molecule has 0 heterocycles.